The Labute approximate surface area is 158 Å². The van der Waals surface area contributed by atoms with Gasteiger partial charge in [0.1, 0.15) is 0 Å². The monoisotopic (exact) mass is 406 g/mol. The number of halogens is 4. The standard InChI is InChI=1S/C17H18ClF3N2O2S/c18-10-4-5-13-12(7-10)23-16(25)14(26-13)8-15(24)22-11-3-1-2-9(6-11)17(19,20)21/h4-5,7,9,11,14H,1-3,6,8H2,(H,22,24)(H,23,25). The summed E-state index contributed by atoms with van der Waals surface area (Å²) in [5, 5.41) is 5.26. The Morgan fingerprint density at radius 2 is 2.12 bits per heavy atom. The minimum absolute atomic E-state index is 0.0776. The van der Waals surface area contributed by atoms with Gasteiger partial charge in [-0.05, 0) is 37.5 Å². The average Bonchev–Trinajstić information content (AvgIpc) is 2.55. The molecule has 0 saturated heterocycles. The summed E-state index contributed by atoms with van der Waals surface area (Å²) in [4.78, 5) is 25.2. The molecule has 1 aromatic rings. The van der Waals surface area contributed by atoms with Crippen LogP contribution in [0.3, 0.4) is 0 Å². The van der Waals surface area contributed by atoms with Crippen LogP contribution in [0, 0.1) is 5.92 Å². The number of alkyl halides is 3. The molecular formula is C17H18ClF3N2O2S. The lowest BCUT2D eigenvalue weighted by atomic mass is 9.85. The van der Waals surface area contributed by atoms with Crippen LogP contribution in [0.1, 0.15) is 32.1 Å². The molecular weight excluding hydrogens is 389 g/mol. The van der Waals surface area contributed by atoms with Crippen LogP contribution in [0.5, 0.6) is 0 Å². The van der Waals surface area contributed by atoms with Crippen LogP contribution in [0.15, 0.2) is 23.1 Å². The third kappa shape index (κ3) is 4.65. The van der Waals surface area contributed by atoms with Crippen LogP contribution in [0.4, 0.5) is 18.9 Å². The number of thioether (sulfide) groups is 1. The number of carbonyl (C=O) groups excluding carboxylic acids is 2. The first-order valence-corrected chi connectivity index (χ1v) is 9.61. The van der Waals surface area contributed by atoms with Crippen LogP contribution in [-0.2, 0) is 9.59 Å². The van der Waals surface area contributed by atoms with E-state index in [1.165, 1.54) is 11.8 Å². The third-order valence-electron chi connectivity index (χ3n) is 4.63. The molecule has 2 amide bonds. The van der Waals surface area contributed by atoms with Gasteiger partial charge < -0.3 is 10.6 Å². The van der Waals surface area contributed by atoms with E-state index in [-0.39, 0.29) is 25.2 Å². The van der Waals surface area contributed by atoms with E-state index in [4.69, 9.17) is 11.6 Å². The molecule has 3 rings (SSSR count). The number of hydrogen-bond donors (Lipinski definition) is 2. The Bertz CT molecular complexity index is 714. The number of nitrogens with one attached hydrogen (secondary N) is 2. The minimum atomic E-state index is -4.23. The van der Waals surface area contributed by atoms with Gasteiger partial charge in [-0.1, -0.05) is 18.0 Å². The lowest BCUT2D eigenvalue weighted by Crippen LogP contribution is -2.43. The van der Waals surface area contributed by atoms with E-state index >= 15 is 0 Å². The fourth-order valence-corrected chi connectivity index (χ4v) is 4.59. The maximum Gasteiger partial charge on any atom is 0.391 e. The molecule has 0 bridgehead atoms. The van der Waals surface area contributed by atoms with Gasteiger partial charge in [-0.15, -0.1) is 11.8 Å². The van der Waals surface area contributed by atoms with Gasteiger partial charge >= 0.3 is 6.18 Å². The molecule has 0 spiro atoms. The largest absolute Gasteiger partial charge is 0.391 e. The molecule has 3 atom stereocenters. The first kappa shape index (κ1) is 19.4. The molecule has 9 heteroatoms. The maximum atomic E-state index is 12.9. The highest BCUT2D eigenvalue weighted by atomic mass is 35.5. The van der Waals surface area contributed by atoms with Crippen LogP contribution in [-0.4, -0.2) is 29.3 Å². The molecule has 1 saturated carbocycles. The summed E-state index contributed by atoms with van der Waals surface area (Å²) in [6.07, 6.45) is -3.33. The zero-order chi connectivity index (χ0) is 18.9. The molecule has 1 aliphatic carbocycles. The number of fused-ring (bicyclic) bond motifs is 1. The number of carbonyl (C=O) groups is 2. The summed E-state index contributed by atoms with van der Waals surface area (Å²) in [6, 6.07) is 4.60. The van der Waals surface area contributed by atoms with Crippen LogP contribution >= 0.6 is 23.4 Å². The molecule has 2 aliphatic rings. The normalized spacial score (nSPS) is 26.0. The van der Waals surface area contributed by atoms with Crippen molar-refractivity contribution in [3.05, 3.63) is 23.2 Å². The van der Waals surface area contributed by atoms with Gasteiger partial charge in [-0.3, -0.25) is 9.59 Å². The van der Waals surface area contributed by atoms with Crippen molar-refractivity contribution in [2.75, 3.05) is 5.32 Å². The van der Waals surface area contributed by atoms with E-state index < -0.39 is 29.3 Å². The van der Waals surface area contributed by atoms with Crippen molar-refractivity contribution in [1.82, 2.24) is 5.32 Å². The van der Waals surface area contributed by atoms with Crippen LogP contribution in [0.2, 0.25) is 5.02 Å². The predicted molar refractivity (Wildman–Crippen MR) is 94.3 cm³/mol. The van der Waals surface area contributed by atoms with Crippen molar-refractivity contribution in [1.29, 1.82) is 0 Å². The highest BCUT2D eigenvalue weighted by molar-refractivity contribution is 8.01. The SMILES string of the molecule is O=C(CC1Sc2ccc(Cl)cc2NC1=O)NC1CCCC(C(F)(F)F)C1. The molecule has 3 unspecified atom stereocenters. The summed E-state index contributed by atoms with van der Waals surface area (Å²) in [6.45, 7) is 0. The van der Waals surface area contributed by atoms with Gasteiger partial charge in [0.05, 0.1) is 16.9 Å². The first-order valence-electron chi connectivity index (χ1n) is 8.35. The van der Waals surface area contributed by atoms with Crippen molar-refractivity contribution in [3.8, 4) is 0 Å². The highest BCUT2D eigenvalue weighted by Crippen LogP contribution is 2.39. The summed E-state index contributed by atoms with van der Waals surface area (Å²) < 4.78 is 38.6. The van der Waals surface area contributed by atoms with Crippen LogP contribution < -0.4 is 10.6 Å². The summed E-state index contributed by atoms with van der Waals surface area (Å²) in [5.41, 5.74) is 0.601. The van der Waals surface area contributed by atoms with Gasteiger partial charge in [0.2, 0.25) is 11.8 Å². The molecule has 4 nitrogen and oxygen atoms in total. The van der Waals surface area contributed by atoms with E-state index in [9.17, 15) is 22.8 Å². The quantitative estimate of drug-likeness (QED) is 0.783. The van der Waals surface area contributed by atoms with E-state index in [0.717, 1.165) is 4.90 Å². The van der Waals surface area contributed by atoms with Crippen molar-refractivity contribution in [3.63, 3.8) is 0 Å². The minimum Gasteiger partial charge on any atom is -0.353 e. The first-order chi connectivity index (χ1) is 12.2. The second-order valence-electron chi connectivity index (χ2n) is 6.61. The second-order valence-corrected chi connectivity index (χ2v) is 8.29. The average molecular weight is 407 g/mol. The third-order valence-corrected chi connectivity index (χ3v) is 6.14. The van der Waals surface area contributed by atoms with Gasteiger partial charge in [0.25, 0.3) is 0 Å². The fourth-order valence-electron chi connectivity index (χ4n) is 3.33. The number of amides is 2. The molecule has 1 aromatic carbocycles. The molecule has 1 heterocycles. The fraction of sp³-hybridized carbons (Fsp3) is 0.529. The topological polar surface area (TPSA) is 58.2 Å². The lowest BCUT2D eigenvalue weighted by molar-refractivity contribution is -0.184. The van der Waals surface area contributed by atoms with Crippen molar-refractivity contribution in [2.24, 2.45) is 5.92 Å². The maximum absolute atomic E-state index is 12.9. The number of anilines is 1. The molecule has 26 heavy (non-hydrogen) atoms. The Morgan fingerprint density at radius 3 is 2.85 bits per heavy atom. The predicted octanol–water partition coefficient (Wildman–Crippen LogP) is 4.38. The zero-order valence-corrected chi connectivity index (χ0v) is 15.3. The number of benzene rings is 1. The van der Waals surface area contributed by atoms with Crippen LogP contribution in [0.25, 0.3) is 0 Å². The molecule has 2 N–H and O–H groups in total. The lowest BCUT2D eigenvalue weighted by Gasteiger charge is -2.31. The second kappa shape index (κ2) is 7.68. The zero-order valence-electron chi connectivity index (χ0n) is 13.7. The van der Waals surface area contributed by atoms with Crippen molar-refractivity contribution in [2.45, 2.75) is 54.5 Å². The number of rotatable bonds is 3. The van der Waals surface area contributed by atoms with Gasteiger partial charge in [0.15, 0.2) is 0 Å². The Balaban J connectivity index is 1.56. The van der Waals surface area contributed by atoms with Crippen molar-refractivity contribution >= 4 is 40.9 Å². The molecule has 0 aromatic heterocycles. The smallest absolute Gasteiger partial charge is 0.353 e. The van der Waals surface area contributed by atoms with Gasteiger partial charge in [-0.2, -0.15) is 13.2 Å². The highest BCUT2D eigenvalue weighted by Gasteiger charge is 2.42. The van der Waals surface area contributed by atoms with E-state index in [0.29, 0.717) is 23.6 Å². The number of hydrogen-bond acceptors (Lipinski definition) is 3. The van der Waals surface area contributed by atoms with Gasteiger partial charge in [-0.25, -0.2) is 0 Å². The van der Waals surface area contributed by atoms with Gasteiger partial charge in [0, 0.05) is 22.4 Å². The van der Waals surface area contributed by atoms with E-state index in [1.54, 1.807) is 18.2 Å². The Hall–Kier alpha value is -1.41. The molecule has 142 valence electrons. The Morgan fingerprint density at radius 1 is 1.35 bits per heavy atom. The molecule has 1 fully saturated rings. The summed E-state index contributed by atoms with van der Waals surface area (Å²) in [7, 11) is 0. The summed E-state index contributed by atoms with van der Waals surface area (Å²) in [5.74, 6) is -2.08. The van der Waals surface area contributed by atoms with Crippen molar-refractivity contribution < 1.29 is 22.8 Å². The Kier molecular flexibility index (Phi) is 5.72. The van der Waals surface area contributed by atoms with E-state index in [2.05, 4.69) is 10.6 Å². The van der Waals surface area contributed by atoms with E-state index in [1.807, 2.05) is 0 Å². The molecule has 1 aliphatic heterocycles. The summed E-state index contributed by atoms with van der Waals surface area (Å²) >= 11 is 7.15. The molecule has 0 radical (unpaired) electrons.